The third-order valence-electron chi connectivity index (χ3n) is 2.66. The fourth-order valence-electron chi connectivity index (χ4n) is 1.90. The maximum Gasteiger partial charge on any atom is 0.180 e. The van der Waals surface area contributed by atoms with Crippen LogP contribution in [0.1, 0.15) is 23.2 Å². The molecule has 17 heavy (non-hydrogen) atoms. The Kier molecular flexibility index (Phi) is 2.79. The molecular weight excluding hydrogens is 252 g/mol. The minimum atomic E-state index is 0.644. The van der Waals surface area contributed by atoms with Gasteiger partial charge in [-0.3, -0.25) is 0 Å². The maximum atomic E-state index is 9.14. The molecular formula is C11H8N4S2. The lowest BCUT2D eigenvalue weighted by Crippen LogP contribution is -1.94. The van der Waals surface area contributed by atoms with Gasteiger partial charge in [-0.15, -0.1) is 10.2 Å². The number of aromatic nitrogens is 3. The predicted octanol–water partition coefficient (Wildman–Crippen LogP) is 2.44. The van der Waals surface area contributed by atoms with Crippen LogP contribution in [0.4, 0.5) is 0 Å². The highest BCUT2D eigenvalue weighted by molar-refractivity contribution is 8.01. The van der Waals surface area contributed by atoms with E-state index in [1.807, 2.05) is 6.07 Å². The van der Waals surface area contributed by atoms with Crippen LogP contribution in [0, 0.1) is 11.3 Å². The number of fused-ring (bicyclic) bond motifs is 1. The van der Waals surface area contributed by atoms with Crippen molar-refractivity contribution in [1.82, 2.24) is 15.2 Å². The Morgan fingerprint density at radius 3 is 3.12 bits per heavy atom. The van der Waals surface area contributed by atoms with E-state index in [1.54, 1.807) is 5.51 Å². The molecule has 2 aromatic rings. The molecule has 0 aromatic carbocycles. The summed E-state index contributed by atoms with van der Waals surface area (Å²) in [4.78, 5) is 4.58. The van der Waals surface area contributed by atoms with Crippen molar-refractivity contribution in [2.45, 2.75) is 28.6 Å². The van der Waals surface area contributed by atoms with Crippen molar-refractivity contribution in [3.63, 3.8) is 0 Å². The third kappa shape index (κ3) is 2.04. The van der Waals surface area contributed by atoms with Gasteiger partial charge in [0.15, 0.2) is 4.34 Å². The average Bonchev–Trinajstić information content (AvgIpc) is 2.98. The first-order valence-electron chi connectivity index (χ1n) is 5.24. The Hall–Kier alpha value is -1.45. The highest BCUT2D eigenvalue weighted by Crippen LogP contribution is 2.32. The molecule has 0 unspecified atom stereocenters. The van der Waals surface area contributed by atoms with E-state index in [0.717, 1.165) is 34.3 Å². The zero-order chi connectivity index (χ0) is 11.7. The minimum Gasteiger partial charge on any atom is -0.244 e. The standard InChI is InChI=1S/C11H8N4S2/c12-5-8-4-7-2-1-3-9(7)14-10(8)17-11-15-13-6-16-11/h4,6H,1-3H2. The Balaban J connectivity index is 2.01. The van der Waals surface area contributed by atoms with Gasteiger partial charge in [-0.25, -0.2) is 4.98 Å². The summed E-state index contributed by atoms with van der Waals surface area (Å²) < 4.78 is 0.826. The quantitative estimate of drug-likeness (QED) is 0.830. The molecule has 0 aliphatic heterocycles. The maximum absolute atomic E-state index is 9.14. The predicted molar refractivity (Wildman–Crippen MR) is 65.0 cm³/mol. The van der Waals surface area contributed by atoms with Gasteiger partial charge in [-0.2, -0.15) is 5.26 Å². The first kappa shape index (κ1) is 10.7. The molecule has 0 saturated heterocycles. The van der Waals surface area contributed by atoms with Crippen molar-refractivity contribution in [3.8, 4) is 6.07 Å². The molecule has 0 spiro atoms. The van der Waals surface area contributed by atoms with Crippen molar-refractivity contribution < 1.29 is 0 Å². The number of hydrogen-bond acceptors (Lipinski definition) is 6. The van der Waals surface area contributed by atoms with Crippen LogP contribution < -0.4 is 0 Å². The van der Waals surface area contributed by atoms with Crippen molar-refractivity contribution in [3.05, 3.63) is 28.4 Å². The molecule has 0 N–H and O–H groups in total. The van der Waals surface area contributed by atoms with E-state index < -0.39 is 0 Å². The van der Waals surface area contributed by atoms with Gasteiger partial charge >= 0.3 is 0 Å². The lowest BCUT2D eigenvalue weighted by Gasteiger charge is -2.04. The summed E-state index contributed by atoms with van der Waals surface area (Å²) in [6.07, 6.45) is 3.20. The van der Waals surface area contributed by atoms with E-state index in [2.05, 4.69) is 21.3 Å². The number of hydrogen-bond donors (Lipinski definition) is 0. The number of nitrogens with zero attached hydrogens (tertiary/aromatic N) is 4. The fraction of sp³-hybridized carbons (Fsp3) is 0.273. The molecule has 0 fully saturated rings. The van der Waals surface area contributed by atoms with E-state index in [1.165, 1.54) is 28.7 Å². The summed E-state index contributed by atoms with van der Waals surface area (Å²) in [5.41, 5.74) is 4.69. The first-order valence-corrected chi connectivity index (χ1v) is 6.93. The molecule has 0 saturated carbocycles. The molecule has 2 heterocycles. The van der Waals surface area contributed by atoms with E-state index in [0.29, 0.717) is 5.56 Å². The lowest BCUT2D eigenvalue weighted by atomic mass is 10.2. The summed E-state index contributed by atoms with van der Waals surface area (Å²) in [7, 11) is 0. The van der Waals surface area contributed by atoms with Gasteiger partial charge in [-0.1, -0.05) is 11.3 Å². The highest BCUT2D eigenvalue weighted by atomic mass is 32.2. The molecule has 1 aliphatic rings. The molecule has 0 atom stereocenters. The zero-order valence-electron chi connectivity index (χ0n) is 8.88. The lowest BCUT2D eigenvalue weighted by molar-refractivity contribution is 0.890. The van der Waals surface area contributed by atoms with Crippen molar-refractivity contribution in [1.29, 1.82) is 5.26 Å². The number of pyridine rings is 1. The Morgan fingerprint density at radius 1 is 1.41 bits per heavy atom. The smallest absolute Gasteiger partial charge is 0.180 e. The van der Waals surface area contributed by atoms with Gasteiger partial charge < -0.3 is 0 Å². The molecule has 84 valence electrons. The van der Waals surface area contributed by atoms with Gasteiger partial charge in [0.2, 0.25) is 0 Å². The summed E-state index contributed by atoms with van der Waals surface area (Å²) in [5.74, 6) is 0. The third-order valence-corrected chi connectivity index (χ3v) is 4.44. The zero-order valence-corrected chi connectivity index (χ0v) is 10.5. The monoisotopic (exact) mass is 260 g/mol. The average molecular weight is 260 g/mol. The summed E-state index contributed by atoms with van der Waals surface area (Å²) >= 11 is 2.88. The van der Waals surface area contributed by atoms with E-state index in [-0.39, 0.29) is 0 Å². The van der Waals surface area contributed by atoms with Crippen molar-refractivity contribution in [2.75, 3.05) is 0 Å². The number of aryl methyl sites for hydroxylation is 2. The Bertz CT molecular complexity index is 586. The molecule has 0 amide bonds. The highest BCUT2D eigenvalue weighted by Gasteiger charge is 2.17. The largest absolute Gasteiger partial charge is 0.244 e. The molecule has 1 aliphatic carbocycles. The van der Waals surface area contributed by atoms with Crippen molar-refractivity contribution in [2.24, 2.45) is 0 Å². The van der Waals surface area contributed by atoms with E-state index in [9.17, 15) is 0 Å². The summed E-state index contributed by atoms with van der Waals surface area (Å²) in [5, 5.41) is 17.6. The van der Waals surface area contributed by atoms with Gasteiger partial charge in [0.1, 0.15) is 16.6 Å². The molecule has 6 heteroatoms. The van der Waals surface area contributed by atoms with Crippen LogP contribution in [-0.4, -0.2) is 15.2 Å². The number of nitriles is 1. The van der Waals surface area contributed by atoms with Crippen molar-refractivity contribution >= 4 is 23.1 Å². The fourth-order valence-corrected chi connectivity index (χ4v) is 3.36. The molecule has 0 bridgehead atoms. The second-order valence-electron chi connectivity index (χ2n) is 3.72. The Labute approximate surface area is 107 Å². The topological polar surface area (TPSA) is 62.5 Å². The van der Waals surface area contributed by atoms with Crippen LogP contribution >= 0.6 is 23.1 Å². The molecule has 3 rings (SSSR count). The summed E-state index contributed by atoms with van der Waals surface area (Å²) in [6, 6.07) is 4.18. The van der Waals surface area contributed by atoms with Crippen LogP contribution in [0.25, 0.3) is 0 Å². The van der Waals surface area contributed by atoms with E-state index >= 15 is 0 Å². The number of rotatable bonds is 2. The van der Waals surface area contributed by atoms with Crippen LogP contribution in [-0.2, 0) is 12.8 Å². The van der Waals surface area contributed by atoms with Gasteiger partial charge in [-0.05, 0) is 42.7 Å². The van der Waals surface area contributed by atoms with E-state index in [4.69, 9.17) is 5.26 Å². The van der Waals surface area contributed by atoms with Crippen LogP contribution in [0.2, 0.25) is 0 Å². The minimum absolute atomic E-state index is 0.644. The normalized spacial score (nSPS) is 13.4. The Morgan fingerprint density at radius 2 is 2.35 bits per heavy atom. The summed E-state index contributed by atoms with van der Waals surface area (Å²) in [6.45, 7) is 0. The SMILES string of the molecule is N#Cc1cc2c(nc1Sc1nncs1)CCC2. The van der Waals surface area contributed by atoms with Crippen LogP contribution in [0.15, 0.2) is 20.9 Å². The molecule has 0 radical (unpaired) electrons. The van der Waals surface area contributed by atoms with Crippen LogP contribution in [0.3, 0.4) is 0 Å². The van der Waals surface area contributed by atoms with Gasteiger partial charge in [0, 0.05) is 5.69 Å². The van der Waals surface area contributed by atoms with Crippen LogP contribution in [0.5, 0.6) is 0 Å². The first-order chi connectivity index (χ1) is 8.36. The second kappa shape index (κ2) is 4.43. The molecule has 2 aromatic heterocycles. The van der Waals surface area contributed by atoms with Gasteiger partial charge in [0.05, 0.1) is 5.56 Å². The van der Waals surface area contributed by atoms with Gasteiger partial charge in [0.25, 0.3) is 0 Å². The second-order valence-corrected chi connectivity index (χ2v) is 5.79. The molecule has 4 nitrogen and oxygen atoms in total.